The predicted octanol–water partition coefficient (Wildman–Crippen LogP) is 0.722. The molecule has 0 aromatic carbocycles. The van der Waals surface area contributed by atoms with Crippen molar-refractivity contribution in [2.45, 2.75) is 6.92 Å². The molecule has 0 amide bonds. The maximum atomic E-state index is 10.8. The molecule has 0 unspecified atom stereocenters. The molecule has 5 heteroatoms. The molecular formula is C7H8ClNO3. The highest BCUT2D eigenvalue weighted by Gasteiger charge is 2.00. The molecule has 0 saturated heterocycles. The molecule has 1 rings (SSSR count). The van der Waals surface area contributed by atoms with E-state index in [1.165, 1.54) is 19.2 Å². The number of rotatable bonds is 1. The van der Waals surface area contributed by atoms with Gasteiger partial charge in [0, 0.05) is 13.1 Å². The highest BCUT2D eigenvalue weighted by atomic mass is 35.5. The maximum absolute atomic E-state index is 10.8. The summed E-state index contributed by atoms with van der Waals surface area (Å²) < 4.78 is 4.56. The van der Waals surface area contributed by atoms with Crippen molar-refractivity contribution in [1.82, 2.24) is 4.98 Å². The van der Waals surface area contributed by atoms with Crippen LogP contribution in [0.15, 0.2) is 23.1 Å². The number of pyridine rings is 1. The molecular weight excluding hydrogens is 182 g/mol. The molecule has 12 heavy (non-hydrogen) atoms. The lowest BCUT2D eigenvalue weighted by Gasteiger charge is -1.96. The van der Waals surface area contributed by atoms with E-state index in [-0.39, 0.29) is 18.2 Å². The van der Waals surface area contributed by atoms with Crippen molar-refractivity contribution >= 4 is 18.4 Å². The number of hydrogen-bond acceptors (Lipinski definition) is 3. The fourth-order valence-electron chi connectivity index (χ4n) is 0.641. The van der Waals surface area contributed by atoms with E-state index >= 15 is 0 Å². The molecule has 0 saturated carbocycles. The number of nitrogens with one attached hydrogen (secondary N) is 1. The van der Waals surface area contributed by atoms with Crippen LogP contribution < -0.4 is 10.3 Å². The van der Waals surface area contributed by atoms with Crippen LogP contribution in [-0.4, -0.2) is 11.0 Å². The molecule has 0 aliphatic carbocycles. The number of halogens is 1. The van der Waals surface area contributed by atoms with Gasteiger partial charge in [-0.1, -0.05) is 0 Å². The zero-order chi connectivity index (χ0) is 8.27. The van der Waals surface area contributed by atoms with Gasteiger partial charge in [-0.05, 0) is 12.1 Å². The van der Waals surface area contributed by atoms with Crippen molar-refractivity contribution in [1.29, 1.82) is 0 Å². The van der Waals surface area contributed by atoms with E-state index in [1.54, 1.807) is 6.07 Å². The van der Waals surface area contributed by atoms with Gasteiger partial charge in [0.25, 0.3) is 5.56 Å². The summed E-state index contributed by atoms with van der Waals surface area (Å²) in [5, 5.41) is 0. The molecule has 0 atom stereocenters. The minimum atomic E-state index is -0.498. The van der Waals surface area contributed by atoms with Gasteiger partial charge in [0.2, 0.25) is 0 Å². The Morgan fingerprint density at radius 1 is 1.58 bits per heavy atom. The molecule has 0 fully saturated rings. The molecule has 0 bridgehead atoms. The second-order valence-corrected chi connectivity index (χ2v) is 1.96. The average Bonchev–Trinajstić information content (AvgIpc) is 1.93. The quantitative estimate of drug-likeness (QED) is 0.663. The minimum Gasteiger partial charge on any atom is -0.421 e. The van der Waals surface area contributed by atoms with Crippen LogP contribution >= 0.6 is 12.4 Å². The van der Waals surface area contributed by atoms with Crippen molar-refractivity contribution in [2.24, 2.45) is 0 Å². The van der Waals surface area contributed by atoms with Crippen LogP contribution in [0.3, 0.4) is 0 Å². The Kier molecular flexibility index (Phi) is 4.07. The summed E-state index contributed by atoms with van der Waals surface area (Å²) >= 11 is 0. The second kappa shape index (κ2) is 4.56. The van der Waals surface area contributed by atoms with Gasteiger partial charge in [-0.15, -0.1) is 12.4 Å². The van der Waals surface area contributed by atoms with Crippen LogP contribution in [0.4, 0.5) is 0 Å². The van der Waals surface area contributed by atoms with Crippen LogP contribution in [0.5, 0.6) is 5.75 Å². The highest BCUT2D eigenvalue weighted by Crippen LogP contribution is 1.98. The van der Waals surface area contributed by atoms with Crippen LogP contribution in [0.1, 0.15) is 6.92 Å². The number of carbonyl (C=O) groups is 1. The third kappa shape index (κ3) is 2.75. The van der Waals surface area contributed by atoms with Crippen LogP contribution in [0.2, 0.25) is 0 Å². The SMILES string of the molecule is CC(=O)Oc1ccc[nH]c1=O.Cl. The van der Waals surface area contributed by atoms with Gasteiger partial charge in [0.05, 0.1) is 0 Å². The molecule has 1 N–H and O–H groups in total. The zero-order valence-corrected chi connectivity index (χ0v) is 7.18. The van der Waals surface area contributed by atoms with Crippen LogP contribution in [0, 0.1) is 0 Å². The zero-order valence-electron chi connectivity index (χ0n) is 6.37. The first-order valence-corrected chi connectivity index (χ1v) is 3.06. The van der Waals surface area contributed by atoms with Crippen LogP contribution in [0.25, 0.3) is 0 Å². The number of esters is 1. The summed E-state index contributed by atoms with van der Waals surface area (Å²) in [6, 6.07) is 3.01. The third-order valence-electron chi connectivity index (χ3n) is 1.04. The van der Waals surface area contributed by atoms with E-state index in [2.05, 4.69) is 9.72 Å². The normalized spacial score (nSPS) is 8.42. The summed E-state index contributed by atoms with van der Waals surface area (Å²) in [4.78, 5) is 23.6. The van der Waals surface area contributed by atoms with Crippen molar-refractivity contribution in [2.75, 3.05) is 0 Å². The minimum absolute atomic E-state index is 0. The first-order valence-electron chi connectivity index (χ1n) is 3.06. The summed E-state index contributed by atoms with van der Waals surface area (Å²) in [5.74, 6) is -0.471. The van der Waals surface area contributed by atoms with Crippen molar-refractivity contribution in [3.8, 4) is 5.75 Å². The van der Waals surface area contributed by atoms with E-state index in [0.717, 1.165) is 0 Å². The first kappa shape index (κ1) is 10.7. The first-order chi connectivity index (χ1) is 5.20. The summed E-state index contributed by atoms with van der Waals surface area (Å²) in [6.07, 6.45) is 1.47. The van der Waals surface area contributed by atoms with Crippen LogP contribution in [-0.2, 0) is 4.79 Å². The lowest BCUT2D eigenvalue weighted by molar-refractivity contribution is -0.131. The molecule has 0 radical (unpaired) electrons. The molecule has 0 aliphatic rings. The van der Waals surface area contributed by atoms with E-state index in [9.17, 15) is 9.59 Å². The smallest absolute Gasteiger partial charge is 0.308 e. The molecule has 66 valence electrons. The third-order valence-corrected chi connectivity index (χ3v) is 1.04. The van der Waals surface area contributed by atoms with Gasteiger partial charge in [0.1, 0.15) is 0 Å². The lowest BCUT2D eigenvalue weighted by atomic mass is 10.4. The molecule has 1 heterocycles. The lowest BCUT2D eigenvalue weighted by Crippen LogP contribution is -2.12. The Bertz CT molecular complexity index is 320. The number of H-pyrrole nitrogens is 1. The van der Waals surface area contributed by atoms with E-state index in [1.807, 2.05) is 0 Å². The average molecular weight is 190 g/mol. The number of carbonyl (C=O) groups excluding carboxylic acids is 1. The van der Waals surface area contributed by atoms with E-state index < -0.39 is 11.5 Å². The number of ether oxygens (including phenoxy) is 1. The highest BCUT2D eigenvalue weighted by molar-refractivity contribution is 5.85. The predicted molar refractivity (Wildman–Crippen MR) is 45.6 cm³/mol. The summed E-state index contributed by atoms with van der Waals surface area (Å²) in [5.41, 5.74) is -0.400. The number of aromatic amines is 1. The van der Waals surface area contributed by atoms with Crippen molar-refractivity contribution in [3.05, 3.63) is 28.7 Å². The van der Waals surface area contributed by atoms with E-state index in [4.69, 9.17) is 0 Å². The molecule has 1 aromatic rings. The monoisotopic (exact) mass is 189 g/mol. The fraction of sp³-hybridized carbons (Fsp3) is 0.143. The summed E-state index contributed by atoms with van der Waals surface area (Å²) in [6.45, 7) is 1.24. The maximum Gasteiger partial charge on any atom is 0.308 e. The standard InChI is InChI=1S/C7H7NO3.ClH/c1-5(9)11-6-3-2-4-8-7(6)10;/h2-4H,1H3,(H,8,10);1H. The van der Waals surface area contributed by atoms with Gasteiger partial charge in [-0.25, -0.2) is 0 Å². The molecule has 0 spiro atoms. The van der Waals surface area contributed by atoms with Gasteiger partial charge in [-0.2, -0.15) is 0 Å². The van der Waals surface area contributed by atoms with Gasteiger partial charge >= 0.3 is 5.97 Å². The Balaban J connectivity index is 0.00000121. The molecule has 1 aromatic heterocycles. The Morgan fingerprint density at radius 2 is 2.25 bits per heavy atom. The molecule has 0 aliphatic heterocycles. The number of aromatic nitrogens is 1. The Hall–Kier alpha value is -1.29. The van der Waals surface area contributed by atoms with Crippen molar-refractivity contribution in [3.63, 3.8) is 0 Å². The van der Waals surface area contributed by atoms with Gasteiger partial charge < -0.3 is 9.72 Å². The second-order valence-electron chi connectivity index (χ2n) is 1.96. The van der Waals surface area contributed by atoms with Crippen molar-refractivity contribution < 1.29 is 9.53 Å². The largest absolute Gasteiger partial charge is 0.421 e. The fourth-order valence-corrected chi connectivity index (χ4v) is 0.641. The van der Waals surface area contributed by atoms with E-state index in [0.29, 0.717) is 0 Å². The Labute approximate surface area is 75.0 Å². The Morgan fingerprint density at radius 3 is 2.75 bits per heavy atom. The van der Waals surface area contributed by atoms with Gasteiger partial charge in [-0.3, -0.25) is 9.59 Å². The van der Waals surface area contributed by atoms with Gasteiger partial charge in [0.15, 0.2) is 5.75 Å². The summed E-state index contributed by atoms with van der Waals surface area (Å²) in [7, 11) is 0. The molecule has 4 nitrogen and oxygen atoms in total. The topological polar surface area (TPSA) is 59.2 Å². The number of hydrogen-bond donors (Lipinski definition) is 1.